The van der Waals surface area contributed by atoms with E-state index in [1.54, 1.807) is 0 Å². The van der Waals surface area contributed by atoms with E-state index in [1.807, 2.05) is 0 Å². The van der Waals surface area contributed by atoms with Crippen LogP contribution in [0.2, 0.25) is 0 Å². The van der Waals surface area contributed by atoms with Crippen molar-refractivity contribution < 1.29 is 24.5 Å². The molecule has 0 radical (unpaired) electrons. The molecule has 6 nitrogen and oxygen atoms in total. The largest absolute Gasteiger partial charge is 0.462 e. The van der Waals surface area contributed by atoms with Crippen molar-refractivity contribution in [1.29, 1.82) is 0 Å². The van der Waals surface area contributed by atoms with E-state index >= 15 is 0 Å². The predicted octanol–water partition coefficient (Wildman–Crippen LogP) is 19.6. The van der Waals surface area contributed by atoms with Crippen LogP contribution < -0.4 is 5.32 Å². The van der Waals surface area contributed by atoms with E-state index in [4.69, 9.17) is 4.74 Å². The molecule has 0 saturated carbocycles. The molecule has 0 aliphatic carbocycles. The minimum absolute atomic E-state index is 0.0736. The second kappa shape index (κ2) is 58.0. The Hall–Kier alpha value is -1.92. The van der Waals surface area contributed by atoms with Crippen LogP contribution in [-0.4, -0.2) is 46.9 Å². The number of rotatable bonds is 57. The van der Waals surface area contributed by atoms with Gasteiger partial charge in [0.05, 0.1) is 25.2 Å². The van der Waals surface area contributed by atoms with E-state index in [9.17, 15) is 19.8 Å². The zero-order valence-electron chi connectivity index (χ0n) is 47.2. The van der Waals surface area contributed by atoms with Gasteiger partial charge in [0.25, 0.3) is 0 Å². The summed E-state index contributed by atoms with van der Waals surface area (Å²) in [5.41, 5.74) is 0. The molecule has 0 saturated heterocycles. The van der Waals surface area contributed by atoms with E-state index in [2.05, 4.69) is 62.5 Å². The lowest BCUT2D eigenvalue weighted by atomic mass is 10.0. The van der Waals surface area contributed by atoms with Gasteiger partial charge in [0.15, 0.2) is 0 Å². The van der Waals surface area contributed by atoms with Gasteiger partial charge >= 0.3 is 5.97 Å². The fourth-order valence-corrected chi connectivity index (χ4v) is 9.73. The van der Waals surface area contributed by atoms with E-state index in [0.29, 0.717) is 19.3 Å². The first kappa shape index (κ1) is 68.1. The van der Waals surface area contributed by atoms with Gasteiger partial charge in [-0.05, 0) is 64.2 Å². The Kier molecular flexibility index (Phi) is 56.4. The average Bonchev–Trinajstić information content (AvgIpc) is 3.35. The summed E-state index contributed by atoms with van der Waals surface area (Å²) >= 11 is 0. The molecule has 0 spiro atoms. The number of amides is 1. The SMILES string of the molecule is CCCCC/C=C\C/C=C\C/C=C\CCCCCCC(=O)OC(CCCCCCCCCCCCCCCCCCC)CC(=O)NC(CO)C(O)CCCCCCCCCCCCCCCCCCC. The van der Waals surface area contributed by atoms with Gasteiger partial charge in [-0.2, -0.15) is 0 Å². The van der Waals surface area contributed by atoms with Crippen molar-refractivity contribution in [3.05, 3.63) is 36.5 Å². The first-order valence-corrected chi connectivity index (χ1v) is 31.2. The zero-order valence-corrected chi connectivity index (χ0v) is 47.2. The third-order valence-corrected chi connectivity index (χ3v) is 14.5. The van der Waals surface area contributed by atoms with Gasteiger partial charge in [-0.25, -0.2) is 0 Å². The first-order chi connectivity index (χ1) is 34.5. The molecule has 0 aromatic carbocycles. The van der Waals surface area contributed by atoms with Crippen molar-refractivity contribution in [3.8, 4) is 0 Å². The minimum Gasteiger partial charge on any atom is -0.462 e. The van der Waals surface area contributed by atoms with Crippen molar-refractivity contribution in [2.45, 2.75) is 354 Å². The Morgan fingerprint density at radius 3 is 1.13 bits per heavy atom. The molecule has 0 aliphatic rings. The second-order valence-electron chi connectivity index (χ2n) is 21.5. The van der Waals surface area contributed by atoms with E-state index in [1.165, 1.54) is 218 Å². The number of unbranched alkanes of at least 4 members (excludes halogenated alkanes) is 39. The molecule has 412 valence electrons. The number of carbonyl (C=O) groups is 2. The normalized spacial score (nSPS) is 13.3. The van der Waals surface area contributed by atoms with Crippen LogP contribution in [0.1, 0.15) is 335 Å². The molecule has 3 unspecified atom stereocenters. The zero-order chi connectivity index (χ0) is 50.9. The molecule has 70 heavy (non-hydrogen) atoms. The van der Waals surface area contributed by atoms with Crippen molar-refractivity contribution in [1.82, 2.24) is 5.32 Å². The van der Waals surface area contributed by atoms with Crippen LogP contribution in [0.15, 0.2) is 36.5 Å². The summed E-state index contributed by atoms with van der Waals surface area (Å²) in [6.45, 7) is 6.51. The van der Waals surface area contributed by atoms with Gasteiger partial charge in [-0.3, -0.25) is 9.59 Å². The van der Waals surface area contributed by atoms with Crippen molar-refractivity contribution in [3.63, 3.8) is 0 Å². The van der Waals surface area contributed by atoms with E-state index in [-0.39, 0.29) is 24.9 Å². The summed E-state index contributed by atoms with van der Waals surface area (Å²) in [6, 6.07) is -0.705. The van der Waals surface area contributed by atoms with Crippen LogP contribution in [0.4, 0.5) is 0 Å². The standard InChI is InChI=1S/C64H121NO5/c1-4-7-10-13-16-19-22-25-28-31-34-37-40-43-46-49-52-55-60(70-64(69)57-54-51-48-45-42-39-36-33-30-27-24-21-18-15-12-9-6-3)58-63(68)65-61(59-66)62(67)56-53-50-47-44-41-38-35-32-29-26-23-20-17-14-11-8-5-2/h18,21,27,30,36,39,60-62,66-67H,4-17,19-20,22-26,28-29,31-35,37-38,40-59H2,1-3H3,(H,65,68)/b21-18-,30-27-,39-36-. The Labute approximate surface area is 436 Å². The minimum atomic E-state index is -0.791. The predicted molar refractivity (Wildman–Crippen MR) is 306 cm³/mol. The highest BCUT2D eigenvalue weighted by molar-refractivity contribution is 5.77. The summed E-state index contributed by atoms with van der Waals surface area (Å²) in [5.74, 6) is -0.478. The highest BCUT2D eigenvalue weighted by Gasteiger charge is 2.24. The third kappa shape index (κ3) is 52.4. The maximum Gasteiger partial charge on any atom is 0.306 e. The summed E-state index contributed by atoms with van der Waals surface area (Å²) in [5, 5.41) is 24.0. The van der Waals surface area contributed by atoms with Crippen molar-refractivity contribution in [2.24, 2.45) is 0 Å². The second-order valence-corrected chi connectivity index (χ2v) is 21.5. The number of carbonyl (C=O) groups excluding carboxylic acids is 2. The van der Waals surface area contributed by atoms with Crippen LogP contribution in [0.3, 0.4) is 0 Å². The molecule has 6 heteroatoms. The topological polar surface area (TPSA) is 95.9 Å². The van der Waals surface area contributed by atoms with Crippen LogP contribution >= 0.6 is 0 Å². The Morgan fingerprint density at radius 2 is 0.729 bits per heavy atom. The van der Waals surface area contributed by atoms with Gasteiger partial charge in [-0.1, -0.05) is 295 Å². The van der Waals surface area contributed by atoms with E-state index in [0.717, 1.165) is 70.6 Å². The van der Waals surface area contributed by atoms with E-state index < -0.39 is 18.2 Å². The number of esters is 1. The van der Waals surface area contributed by atoms with Crippen LogP contribution in [0.5, 0.6) is 0 Å². The number of ether oxygens (including phenoxy) is 1. The number of hydrogen-bond acceptors (Lipinski definition) is 5. The monoisotopic (exact) mass is 984 g/mol. The maximum absolute atomic E-state index is 13.3. The van der Waals surface area contributed by atoms with Crippen LogP contribution in [0.25, 0.3) is 0 Å². The molecule has 0 aromatic rings. The fourth-order valence-electron chi connectivity index (χ4n) is 9.73. The molecule has 0 aromatic heterocycles. The molecular formula is C64H121NO5. The highest BCUT2D eigenvalue weighted by atomic mass is 16.5. The fraction of sp³-hybridized carbons (Fsp3) is 0.875. The summed E-state index contributed by atoms with van der Waals surface area (Å²) < 4.78 is 5.97. The van der Waals surface area contributed by atoms with Gasteiger partial charge < -0.3 is 20.3 Å². The highest BCUT2D eigenvalue weighted by Crippen LogP contribution is 2.19. The quantitative estimate of drug-likeness (QED) is 0.0321. The summed E-state index contributed by atoms with van der Waals surface area (Å²) in [4.78, 5) is 26.4. The third-order valence-electron chi connectivity index (χ3n) is 14.5. The van der Waals surface area contributed by atoms with Gasteiger partial charge in [0.1, 0.15) is 6.10 Å². The van der Waals surface area contributed by atoms with Crippen molar-refractivity contribution in [2.75, 3.05) is 6.61 Å². The number of hydrogen-bond donors (Lipinski definition) is 3. The molecule has 0 heterocycles. The Morgan fingerprint density at radius 1 is 0.414 bits per heavy atom. The molecule has 3 N–H and O–H groups in total. The molecule has 0 fully saturated rings. The lowest BCUT2D eigenvalue weighted by Gasteiger charge is -2.24. The number of aliphatic hydroxyl groups excluding tert-OH is 2. The molecule has 1 amide bonds. The summed E-state index contributed by atoms with van der Waals surface area (Å²) in [6.07, 6.45) is 70.7. The number of aliphatic hydroxyl groups is 2. The molecule has 0 bridgehead atoms. The lowest BCUT2D eigenvalue weighted by molar-refractivity contribution is -0.151. The smallest absolute Gasteiger partial charge is 0.306 e. The molecular weight excluding hydrogens is 863 g/mol. The average molecular weight is 985 g/mol. The maximum atomic E-state index is 13.3. The number of allylic oxidation sites excluding steroid dienone is 6. The summed E-state index contributed by atoms with van der Waals surface area (Å²) in [7, 11) is 0. The van der Waals surface area contributed by atoms with Gasteiger partial charge in [-0.15, -0.1) is 0 Å². The first-order valence-electron chi connectivity index (χ1n) is 31.2. The van der Waals surface area contributed by atoms with Crippen molar-refractivity contribution >= 4 is 11.9 Å². The lowest BCUT2D eigenvalue weighted by Crippen LogP contribution is -2.46. The van der Waals surface area contributed by atoms with Gasteiger partial charge in [0.2, 0.25) is 5.91 Å². The molecule has 3 atom stereocenters. The number of nitrogens with one attached hydrogen (secondary N) is 1. The molecule has 0 aliphatic heterocycles. The van der Waals surface area contributed by atoms with Crippen LogP contribution in [0, 0.1) is 0 Å². The Bertz CT molecular complexity index is 1150. The Balaban J connectivity index is 4.54. The molecule has 0 rings (SSSR count). The van der Waals surface area contributed by atoms with Gasteiger partial charge in [0, 0.05) is 6.42 Å². The van der Waals surface area contributed by atoms with Crippen LogP contribution in [-0.2, 0) is 14.3 Å².